The number of nitrogens with one attached hydrogen (secondary N) is 2. The zero-order valence-corrected chi connectivity index (χ0v) is 17.5. The van der Waals surface area contributed by atoms with E-state index < -0.39 is 17.6 Å². The number of hydrogen-bond acceptors (Lipinski definition) is 4. The number of aliphatic hydroxyl groups excluding tert-OH is 1. The molecule has 0 saturated carbocycles. The second-order valence-electron chi connectivity index (χ2n) is 8.26. The van der Waals surface area contributed by atoms with Crippen LogP contribution in [-0.4, -0.2) is 45.9 Å². The molecule has 1 fully saturated rings. The number of carbonyl (C=O) groups excluding carboxylic acids is 1. The second-order valence-corrected chi connectivity index (χ2v) is 8.26. The Hall–Kier alpha value is -2.64. The van der Waals surface area contributed by atoms with Crippen molar-refractivity contribution in [3.63, 3.8) is 0 Å². The highest BCUT2D eigenvalue weighted by Crippen LogP contribution is 2.31. The highest BCUT2D eigenvalue weighted by Gasteiger charge is 2.43. The predicted octanol–water partition coefficient (Wildman–Crippen LogP) is 2.31. The van der Waals surface area contributed by atoms with Crippen LogP contribution < -0.4 is 10.6 Å². The number of benzene rings is 1. The lowest BCUT2D eigenvalue weighted by atomic mass is 9.79. The third kappa shape index (κ3) is 5.68. The number of piperidine rings is 1. The summed E-state index contributed by atoms with van der Waals surface area (Å²) in [5.74, 6) is -0.993. The lowest BCUT2D eigenvalue weighted by Crippen LogP contribution is -2.61. The Bertz CT molecular complexity index is 822. The van der Waals surface area contributed by atoms with E-state index in [2.05, 4.69) is 31.4 Å². The van der Waals surface area contributed by atoms with Gasteiger partial charge in [-0.05, 0) is 45.4 Å². The van der Waals surface area contributed by atoms with Crippen molar-refractivity contribution < 1.29 is 19.8 Å². The molecule has 0 aliphatic carbocycles. The third-order valence-corrected chi connectivity index (χ3v) is 4.96. The number of carboxylic acid groups (broad SMARTS) is 1. The summed E-state index contributed by atoms with van der Waals surface area (Å²) in [5, 5.41) is 24.5. The summed E-state index contributed by atoms with van der Waals surface area (Å²) < 4.78 is 2.02. The summed E-state index contributed by atoms with van der Waals surface area (Å²) in [6.45, 7) is 8.57. The molecule has 1 amide bonds. The Morgan fingerprint density at radius 2 is 1.83 bits per heavy atom. The van der Waals surface area contributed by atoms with Gasteiger partial charge in [-0.15, -0.1) is 0 Å². The van der Waals surface area contributed by atoms with Gasteiger partial charge in [0.15, 0.2) is 0 Å². The zero-order valence-electron chi connectivity index (χ0n) is 17.5. The van der Waals surface area contributed by atoms with E-state index in [-0.39, 0.29) is 11.4 Å². The standard InChI is InChI=1S/C20H27N3O2.C2H4O2/c1-19(2,3)23-12-9-15(14-23)18(25)22-20(10-11-21-13-17(20)24)16-7-5-4-6-8-16;1-2(3)4/h4-9,12,14,17,21,24H,10-11,13H2,1-3H3,(H,22,25);1H3,(H,3,4)/t17-,20+;/m1./s1. The van der Waals surface area contributed by atoms with Gasteiger partial charge in [-0.25, -0.2) is 0 Å². The van der Waals surface area contributed by atoms with Gasteiger partial charge in [-0.3, -0.25) is 9.59 Å². The van der Waals surface area contributed by atoms with Crippen LogP contribution in [0.15, 0.2) is 48.8 Å². The van der Waals surface area contributed by atoms with Crippen molar-refractivity contribution in [3.8, 4) is 0 Å². The molecule has 3 rings (SSSR count). The van der Waals surface area contributed by atoms with Gasteiger partial charge in [0.05, 0.1) is 17.2 Å². The van der Waals surface area contributed by atoms with E-state index in [1.54, 1.807) is 0 Å². The van der Waals surface area contributed by atoms with Crippen molar-refractivity contribution in [1.29, 1.82) is 0 Å². The topological polar surface area (TPSA) is 104 Å². The maximum atomic E-state index is 12.9. The fourth-order valence-electron chi connectivity index (χ4n) is 3.38. The van der Waals surface area contributed by atoms with Crippen LogP contribution in [0.4, 0.5) is 0 Å². The smallest absolute Gasteiger partial charge is 0.300 e. The van der Waals surface area contributed by atoms with Crippen molar-refractivity contribution in [3.05, 3.63) is 59.9 Å². The minimum atomic E-state index is -0.833. The maximum Gasteiger partial charge on any atom is 0.300 e. The number of β-amino-alcohol motifs (C(OH)–C–C–N with tert-alkyl or cyclic N) is 1. The Balaban J connectivity index is 0.000000687. The van der Waals surface area contributed by atoms with Crippen LogP contribution in [0.25, 0.3) is 0 Å². The Labute approximate surface area is 171 Å². The summed E-state index contributed by atoms with van der Waals surface area (Å²) in [6.07, 6.45) is 3.74. The molecule has 158 valence electrons. The van der Waals surface area contributed by atoms with Crippen LogP contribution in [0, 0.1) is 0 Å². The Kier molecular flexibility index (Phi) is 7.21. The molecule has 1 saturated heterocycles. The SMILES string of the molecule is CC(=O)O.CC(C)(C)n1ccc(C(=O)N[C@]2(c3ccccc3)CCNC[C@H]2O)c1. The molecule has 29 heavy (non-hydrogen) atoms. The molecule has 0 bridgehead atoms. The van der Waals surface area contributed by atoms with Crippen molar-refractivity contribution in [2.45, 2.75) is 51.3 Å². The molecule has 7 nitrogen and oxygen atoms in total. The fourth-order valence-corrected chi connectivity index (χ4v) is 3.38. The van der Waals surface area contributed by atoms with Gasteiger partial charge >= 0.3 is 0 Å². The molecule has 1 aromatic heterocycles. The van der Waals surface area contributed by atoms with Crippen LogP contribution in [0.1, 0.15) is 50.0 Å². The summed E-state index contributed by atoms with van der Waals surface area (Å²) in [6, 6.07) is 11.6. The number of carbonyl (C=O) groups is 2. The number of carboxylic acids is 1. The maximum absolute atomic E-state index is 12.9. The molecule has 1 aromatic carbocycles. The van der Waals surface area contributed by atoms with Crippen LogP contribution in [-0.2, 0) is 15.9 Å². The number of nitrogens with zero attached hydrogens (tertiary/aromatic N) is 1. The van der Waals surface area contributed by atoms with Crippen molar-refractivity contribution >= 4 is 11.9 Å². The van der Waals surface area contributed by atoms with Gasteiger partial charge < -0.3 is 25.4 Å². The highest BCUT2D eigenvalue weighted by molar-refractivity contribution is 5.94. The van der Waals surface area contributed by atoms with Crippen LogP contribution >= 0.6 is 0 Å². The van der Waals surface area contributed by atoms with Gasteiger partial charge in [0.2, 0.25) is 0 Å². The molecular formula is C22H31N3O4. The normalized spacial score (nSPS) is 21.6. The average molecular weight is 402 g/mol. The first-order valence-corrected chi connectivity index (χ1v) is 9.71. The first-order valence-electron chi connectivity index (χ1n) is 9.71. The van der Waals surface area contributed by atoms with E-state index in [1.165, 1.54) is 0 Å². The molecule has 4 N–H and O–H groups in total. The van der Waals surface area contributed by atoms with Gasteiger partial charge in [0.25, 0.3) is 11.9 Å². The molecule has 2 aromatic rings. The zero-order chi connectivity index (χ0) is 21.7. The van der Waals surface area contributed by atoms with E-state index in [0.29, 0.717) is 18.5 Å². The fraction of sp³-hybridized carbons (Fsp3) is 0.455. The summed E-state index contributed by atoms with van der Waals surface area (Å²) in [7, 11) is 0. The highest BCUT2D eigenvalue weighted by atomic mass is 16.4. The van der Waals surface area contributed by atoms with E-state index in [4.69, 9.17) is 9.90 Å². The minimum absolute atomic E-state index is 0.0794. The van der Waals surface area contributed by atoms with Crippen LogP contribution in [0.5, 0.6) is 0 Å². The lowest BCUT2D eigenvalue weighted by Gasteiger charge is -2.42. The first kappa shape index (κ1) is 22.6. The summed E-state index contributed by atoms with van der Waals surface area (Å²) in [4.78, 5) is 21.9. The van der Waals surface area contributed by atoms with Gasteiger partial charge in [0, 0.05) is 31.4 Å². The van der Waals surface area contributed by atoms with Crippen molar-refractivity contribution in [2.75, 3.05) is 13.1 Å². The van der Waals surface area contributed by atoms with Gasteiger partial charge in [-0.1, -0.05) is 30.3 Å². The lowest BCUT2D eigenvalue weighted by molar-refractivity contribution is -0.134. The number of amides is 1. The largest absolute Gasteiger partial charge is 0.481 e. The summed E-state index contributed by atoms with van der Waals surface area (Å²) in [5.41, 5.74) is 0.695. The Morgan fingerprint density at radius 1 is 1.21 bits per heavy atom. The third-order valence-electron chi connectivity index (χ3n) is 4.96. The number of aliphatic hydroxyl groups is 1. The first-order chi connectivity index (χ1) is 13.6. The monoisotopic (exact) mass is 401 g/mol. The molecule has 7 heteroatoms. The van der Waals surface area contributed by atoms with E-state index in [1.807, 2.05) is 53.4 Å². The average Bonchev–Trinajstić information content (AvgIpc) is 3.15. The van der Waals surface area contributed by atoms with Crippen LogP contribution in [0.2, 0.25) is 0 Å². The van der Waals surface area contributed by atoms with Crippen molar-refractivity contribution in [1.82, 2.24) is 15.2 Å². The summed E-state index contributed by atoms with van der Waals surface area (Å²) >= 11 is 0. The molecular weight excluding hydrogens is 370 g/mol. The van der Waals surface area contributed by atoms with Crippen LogP contribution in [0.3, 0.4) is 0 Å². The molecule has 1 aliphatic heterocycles. The second kappa shape index (κ2) is 9.24. The number of aromatic nitrogens is 1. The molecule has 0 unspecified atom stereocenters. The Morgan fingerprint density at radius 3 is 2.34 bits per heavy atom. The molecule has 2 atom stereocenters. The minimum Gasteiger partial charge on any atom is -0.481 e. The molecule has 2 heterocycles. The molecule has 1 aliphatic rings. The van der Waals surface area contributed by atoms with E-state index in [0.717, 1.165) is 19.0 Å². The molecule has 0 spiro atoms. The predicted molar refractivity (Wildman–Crippen MR) is 112 cm³/mol. The van der Waals surface area contributed by atoms with Gasteiger partial charge in [-0.2, -0.15) is 0 Å². The number of aliphatic carboxylic acids is 1. The number of hydrogen-bond donors (Lipinski definition) is 4. The van der Waals surface area contributed by atoms with E-state index >= 15 is 0 Å². The quantitative estimate of drug-likeness (QED) is 0.632. The number of rotatable bonds is 3. The van der Waals surface area contributed by atoms with Gasteiger partial charge in [0.1, 0.15) is 0 Å². The van der Waals surface area contributed by atoms with Crippen molar-refractivity contribution in [2.24, 2.45) is 0 Å². The van der Waals surface area contributed by atoms with E-state index in [9.17, 15) is 9.90 Å². The molecule has 0 radical (unpaired) electrons.